The van der Waals surface area contributed by atoms with Crippen LogP contribution in [-0.2, 0) is 14.4 Å². The van der Waals surface area contributed by atoms with Gasteiger partial charge in [-0.25, -0.2) is 0 Å². The maximum Gasteiger partial charge on any atom is 0.306 e. The lowest BCUT2D eigenvalue weighted by Gasteiger charge is -2.31. The number of nitrogens with zero attached hydrogens (tertiary/aromatic N) is 1. The molecule has 7 heteroatoms. The minimum atomic E-state index is -0.765. The van der Waals surface area contributed by atoms with Gasteiger partial charge in [-0.2, -0.15) is 0 Å². The van der Waals surface area contributed by atoms with Crippen molar-refractivity contribution in [3.63, 3.8) is 0 Å². The summed E-state index contributed by atoms with van der Waals surface area (Å²) in [5, 5.41) is 12.0. The Kier molecular flexibility index (Phi) is 6.33. The fourth-order valence-electron chi connectivity index (χ4n) is 3.12. The van der Waals surface area contributed by atoms with Gasteiger partial charge in [0.15, 0.2) is 0 Å². The zero-order valence-corrected chi connectivity index (χ0v) is 14.6. The highest BCUT2D eigenvalue weighted by molar-refractivity contribution is 7.99. The third-order valence-electron chi connectivity index (χ3n) is 4.58. The number of nitrogens with one attached hydrogen (secondary N) is 1. The number of rotatable bonds is 5. The van der Waals surface area contributed by atoms with Gasteiger partial charge in [-0.05, 0) is 31.6 Å². The van der Waals surface area contributed by atoms with E-state index in [4.69, 9.17) is 5.11 Å². The minimum absolute atomic E-state index is 0.0172. The monoisotopic (exact) mass is 342 g/mol. The van der Waals surface area contributed by atoms with Crippen molar-refractivity contribution in [1.29, 1.82) is 0 Å². The van der Waals surface area contributed by atoms with E-state index < -0.39 is 5.97 Å². The highest BCUT2D eigenvalue weighted by Crippen LogP contribution is 2.32. The largest absolute Gasteiger partial charge is 0.481 e. The summed E-state index contributed by atoms with van der Waals surface area (Å²) in [7, 11) is 0. The lowest BCUT2D eigenvalue weighted by Crippen LogP contribution is -2.50. The average Bonchev–Trinajstić information content (AvgIpc) is 3.01. The molecule has 1 aliphatic carbocycles. The lowest BCUT2D eigenvalue weighted by molar-refractivity contribution is -0.146. The summed E-state index contributed by atoms with van der Waals surface area (Å²) in [6.45, 7) is 4.69. The summed E-state index contributed by atoms with van der Waals surface area (Å²) in [4.78, 5) is 37.7. The number of hydrogen-bond donors (Lipinski definition) is 2. The zero-order valence-electron chi connectivity index (χ0n) is 13.8. The molecule has 1 saturated carbocycles. The van der Waals surface area contributed by atoms with Crippen LogP contribution >= 0.6 is 11.8 Å². The maximum atomic E-state index is 12.7. The summed E-state index contributed by atoms with van der Waals surface area (Å²) in [6, 6.07) is -0.386. The SMILES string of the molecule is CC(C)CNC(=O)C1CSCN1C(=O)C1CCC(C(=O)O)CC1. The summed E-state index contributed by atoms with van der Waals surface area (Å²) >= 11 is 1.60. The molecule has 1 saturated heterocycles. The van der Waals surface area contributed by atoms with Gasteiger partial charge in [0.25, 0.3) is 0 Å². The third kappa shape index (κ3) is 4.62. The fraction of sp³-hybridized carbons (Fsp3) is 0.812. The van der Waals surface area contributed by atoms with Gasteiger partial charge in [-0.15, -0.1) is 11.8 Å². The number of hydrogen-bond acceptors (Lipinski definition) is 4. The molecule has 1 aliphatic heterocycles. The van der Waals surface area contributed by atoms with E-state index in [1.807, 2.05) is 13.8 Å². The number of carbonyl (C=O) groups is 3. The Morgan fingerprint density at radius 1 is 1.17 bits per heavy atom. The quantitative estimate of drug-likeness (QED) is 0.792. The Morgan fingerprint density at radius 3 is 2.35 bits per heavy atom. The van der Waals surface area contributed by atoms with Gasteiger partial charge in [0.2, 0.25) is 11.8 Å². The van der Waals surface area contributed by atoms with Crippen LogP contribution in [0.5, 0.6) is 0 Å². The molecule has 0 aromatic carbocycles. The molecule has 2 amide bonds. The van der Waals surface area contributed by atoms with Crippen molar-refractivity contribution in [2.45, 2.75) is 45.6 Å². The highest BCUT2D eigenvalue weighted by atomic mass is 32.2. The summed E-state index contributed by atoms with van der Waals surface area (Å²) in [5.74, 6) is 0.293. The molecule has 0 spiro atoms. The summed E-state index contributed by atoms with van der Waals surface area (Å²) < 4.78 is 0. The molecular weight excluding hydrogens is 316 g/mol. The van der Waals surface area contributed by atoms with Gasteiger partial charge in [-0.1, -0.05) is 13.8 Å². The normalized spacial score (nSPS) is 28.0. The van der Waals surface area contributed by atoms with Gasteiger partial charge >= 0.3 is 5.97 Å². The van der Waals surface area contributed by atoms with Crippen LogP contribution in [0.2, 0.25) is 0 Å². The maximum absolute atomic E-state index is 12.7. The molecule has 1 unspecified atom stereocenters. The first-order valence-corrected chi connectivity index (χ1v) is 9.44. The second-order valence-corrected chi connectivity index (χ2v) is 7.85. The van der Waals surface area contributed by atoms with E-state index >= 15 is 0 Å². The van der Waals surface area contributed by atoms with E-state index in [1.165, 1.54) is 0 Å². The number of thioether (sulfide) groups is 1. The molecule has 1 atom stereocenters. The van der Waals surface area contributed by atoms with E-state index in [0.717, 1.165) is 0 Å². The Bertz CT molecular complexity index is 461. The van der Waals surface area contributed by atoms with E-state index in [2.05, 4.69) is 5.32 Å². The predicted molar refractivity (Wildman–Crippen MR) is 88.9 cm³/mol. The van der Waals surface area contributed by atoms with Crippen LogP contribution in [0.3, 0.4) is 0 Å². The second-order valence-electron chi connectivity index (χ2n) is 6.85. The molecule has 2 N–H and O–H groups in total. The number of carbonyl (C=O) groups excluding carboxylic acids is 2. The average molecular weight is 342 g/mol. The van der Waals surface area contributed by atoms with Gasteiger partial charge in [0.1, 0.15) is 6.04 Å². The van der Waals surface area contributed by atoms with Gasteiger partial charge < -0.3 is 15.3 Å². The molecule has 2 fully saturated rings. The standard InChI is InChI=1S/C16H26N2O4S/c1-10(2)7-17-14(19)13-8-23-9-18(13)15(20)11-3-5-12(6-4-11)16(21)22/h10-13H,3-9H2,1-2H3,(H,17,19)(H,21,22). The van der Waals surface area contributed by atoms with Gasteiger partial charge in [-0.3, -0.25) is 14.4 Å². The Hall–Kier alpha value is -1.24. The van der Waals surface area contributed by atoms with E-state index in [0.29, 0.717) is 49.8 Å². The zero-order chi connectivity index (χ0) is 17.0. The number of amides is 2. The molecule has 6 nitrogen and oxygen atoms in total. The summed E-state index contributed by atoms with van der Waals surface area (Å²) in [6.07, 6.45) is 2.32. The van der Waals surface area contributed by atoms with Crippen molar-refractivity contribution in [3.05, 3.63) is 0 Å². The van der Waals surface area contributed by atoms with Gasteiger partial charge in [0, 0.05) is 18.2 Å². The van der Waals surface area contributed by atoms with Crippen molar-refractivity contribution in [2.75, 3.05) is 18.2 Å². The first-order chi connectivity index (χ1) is 10.9. The Balaban J connectivity index is 1.90. The van der Waals surface area contributed by atoms with Crippen molar-refractivity contribution in [2.24, 2.45) is 17.8 Å². The smallest absolute Gasteiger partial charge is 0.306 e. The van der Waals surface area contributed by atoms with Crippen LogP contribution in [0.4, 0.5) is 0 Å². The van der Waals surface area contributed by atoms with Crippen LogP contribution in [0.1, 0.15) is 39.5 Å². The molecule has 2 aliphatic rings. The molecule has 2 rings (SSSR count). The molecule has 0 bridgehead atoms. The van der Waals surface area contributed by atoms with Crippen molar-refractivity contribution < 1.29 is 19.5 Å². The van der Waals surface area contributed by atoms with Crippen LogP contribution < -0.4 is 5.32 Å². The van der Waals surface area contributed by atoms with E-state index in [1.54, 1.807) is 16.7 Å². The number of carboxylic acids is 1. The van der Waals surface area contributed by atoms with Crippen LogP contribution in [-0.4, -0.2) is 52.0 Å². The molecule has 0 aromatic heterocycles. The van der Waals surface area contributed by atoms with Crippen LogP contribution in [0.25, 0.3) is 0 Å². The molecule has 1 heterocycles. The summed E-state index contributed by atoms with van der Waals surface area (Å²) in [5.41, 5.74) is 0. The molecule has 0 aromatic rings. The number of aliphatic carboxylic acids is 1. The first kappa shape index (κ1) is 18.1. The lowest BCUT2D eigenvalue weighted by atomic mass is 9.81. The highest BCUT2D eigenvalue weighted by Gasteiger charge is 2.39. The van der Waals surface area contributed by atoms with Crippen LogP contribution in [0, 0.1) is 17.8 Å². The minimum Gasteiger partial charge on any atom is -0.481 e. The molecule has 0 radical (unpaired) electrons. The van der Waals surface area contributed by atoms with E-state index in [9.17, 15) is 14.4 Å². The predicted octanol–water partition coefficient (Wildman–Crippen LogP) is 1.55. The van der Waals surface area contributed by atoms with E-state index in [-0.39, 0.29) is 29.7 Å². The van der Waals surface area contributed by atoms with Gasteiger partial charge in [0.05, 0.1) is 11.8 Å². The van der Waals surface area contributed by atoms with Crippen molar-refractivity contribution >= 4 is 29.5 Å². The molecule has 130 valence electrons. The van der Waals surface area contributed by atoms with Crippen molar-refractivity contribution in [1.82, 2.24) is 10.2 Å². The topological polar surface area (TPSA) is 86.7 Å². The molecule has 23 heavy (non-hydrogen) atoms. The van der Waals surface area contributed by atoms with Crippen molar-refractivity contribution in [3.8, 4) is 0 Å². The van der Waals surface area contributed by atoms with Crippen LogP contribution in [0.15, 0.2) is 0 Å². The third-order valence-corrected chi connectivity index (χ3v) is 5.59. The Morgan fingerprint density at radius 2 is 1.78 bits per heavy atom. The second kappa shape index (κ2) is 8.04. The molecular formula is C16H26N2O4S. The number of carboxylic acid groups (broad SMARTS) is 1. The fourth-order valence-corrected chi connectivity index (χ4v) is 4.29. The first-order valence-electron chi connectivity index (χ1n) is 8.29. The Labute approximate surface area is 141 Å².